The fourth-order valence-corrected chi connectivity index (χ4v) is 5.91. The molecule has 2 amide bonds. The van der Waals surface area contributed by atoms with E-state index in [1.54, 1.807) is 30.0 Å². The van der Waals surface area contributed by atoms with E-state index in [9.17, 15) is 9.59 Å². The van der Waals surface area contributed by atoms with Crippen LogP contribution >= 0.6 is 11.8 Å². The number of amides is 2. The average Bonchev–Trinajstić information content (AvgIpc) is 3.27. The van der Waals surface area contributed by atoms with Crippen LogP contribution in [0.5, 0.6) is 0 Å². The van der Waals surface area contributed by atoms with Gasteiger partial charge in [0.2, 0.25) is 11.8 Å². The van der Waals surface area contributed by atoms with Gasteiger partial charge in [-0.15, -0.1) is 11.8 Å². The summed E-state index contributed by atoms with van der Waals surface area (Å²) in [5, 5.41) is 7.30. The molecular formula is C30H29FN4O3S. The lowest BCUT2D eigenvalue weighted by atomic mass is 9.99. The molecule has 1 atom stereocenters. The number of aromatic nitrogens is 2. The van der Waals surface area contributed by atoms with Gasteiger partial charge in [-0.3, -0.25) is 14.5 Å². The largest absolute Gasteiger partial charge is 0.383 e. The number of hydrogen-bond acceptors (Lipinski definition) is 5. The van der Waals surface area contributed by atoms with Crippen LogP contribution in [-0.2, 0) is 14.3 Å². The summed E-state index contributed by atoms with van der Waals surface area (Å²) in [5.74, 6) is -0.401. The molecule has 1 N–H and O–H groups in total. The van der Waals surface area contributed by atoms with Crippen LogP contribution in [-0.4, -0.2) is 54.2 Å². The average molecular weight is 545 g/mol. The normalized spacial score (nSPS) is 15.1. The molecule has 9 heteroatoms. The minimum absolute atomic E-state index is 0.0705. The maximum absolute atomic E-state index is 15.3. The summed E-state index contributed by atoms with van der Waals surface area (Å²) in [4.78, 5) is 28.1. The summed E-state index contributed by atoms with van der Waals surface area (Å²) in [5.41, 5.74) is 4.37. The van der Waals surface area contributed by atoms with Gasteiger partial charge in [0.1, 0.15) is 18.2 Å². The number of fused-ring (bicyclic) bond motifs is 1. The highest BCUT2D eigenvalue weighted by Gasteiger charge is 2.38. The first-order valence-electron chi connectivity index (χ1n) is 12.7. The van der Waals surface area contributed by atoms with Gasteiger partial charge < -0.3 is 10.1 Å². The van der Waals surface area contributed by atoms with E-state index in [1.165, 1.54) is 22.7 Å². The van der Waals surface area contributed by atoms with E-state index in [1.807, 2.05) is 61.5 Å². The van der Waals surface area contributed by atoms with Gasteiger partial charge in [0, 0.05) is 30.3 Å². The third-order valence-electron chi connectivity index (χ3n) is 6.50. The molecule has 5 rings (SSSR count). The van der Waals surface area contributed by atoms with E-state index in [4.69, 9.17) is 9.84 Å². The Balaban J connectivity index is 1.77. The van der Waals surface area contributed by atoms with Crippen molar-refractivity contribution in [2.75, 3.05) is 37.5 Å². The topological polar surface area (TPSA) is 76.5 Å². The Hall–Kier alpha value is -3.95. The second-order valence-corrected chi connectivity index (χ2v) is 10.3. The zero-order valence-corrected chi connectivity index (χ0v) is 22.6. The van der Waals surface area contributed by atoms with E-state index >= 15 is 4.39 Å². The highest BCUT2D eigenvalue weighted by Crippen LogP contribution is 2.49. The van der Waals surface area contributed by atoms with Gasteiger partial charge in [-0.1, -0.05) is 60.7 Å². The van der Waals surface area contributed by atoms with Crippen molar-refractivity contribution in [1.82, 2.24) is 15.1 Å². The monoisotopic (exact) mass is 544 g/mol. The van der Waals surface area contributed by atoms with Crippen LogP contribution < -0.4 is 10.2 Å². The lowest BCUT2D eigenvalue weighted by molar-refractivity contribution is -0.123. The van der Waals surface area contributed by atoms with Gasteiger partial charge in [-0.2, -0.15) is 5.10 Å². The molecule has 0 radical (unpaired) electrons. The number of ether oxygens (including phenoxy) is 1. The molecule has 1 aromatic heterocycles. The summed E-state index contributed by atoms with van der Waals surface area (Å²) in [6, 6.07) is 24.0. The fourth-order valence-electron chi connectivity index (χ4n) is 4.69. The van der Waals surface area contributed by atoms with Crippen LogP contribution in [0.4, 0.5) is 10.2 Å². The minimum Gasteiger partial charge on any atom is -0.383 e. The molecule has 0 bridgehead atoms. The molecule has 0 saturated carbocycles. The van der Waals surface area contributed by atoms with Crippen molar-refractivity contribution in [3.8, 4) is 16.9 Å². The number of hydrogen-bond donors (Lipinski definition) is 1. The Kier molecular flexibility index (Phi) is 8.09. The molecule has 0 fully saturated rings. The van der Waals surface area contributed by atoms with Crippen molar-refractivity contribution in [2.45, 2.75) is 12.2 Å². The number of nitrogens with zero attached hydrogens (tertiary/aromatic N) is 3. The molecule has 0 saturated heterocycles. The Morgan fingerprint density at radius 2 is 1.87 bits per heavy atom. The molecular weight excluding hydrogens is 515 g/mol. The molecule has 200 valence electrons. The quantitative estimate of drug-likeness (QED) is 0.319. The number of methoxy groups -OCH3 is 1. The summed E-state index contributed by atoms with van der Waals surface area (Å²) in [6.45, 7) is 2.46. The standard InChI is InChI=1S/C30H29FN4O3S/c1-20-9-8-12-22(17-20)35-30-27(28(33-35)21-10-4-3-5-11-21)29(23-13-6-7-14-24(23)31)39-19-26(37)34(30)18-25(36)32-15-16-38-2/h3-14,17,29H,15-16,18-19H2,1-2H3,(H,32,36). The van der Waals surface area contributed by atoms with E-state index in [-0.39, 0.29) is 29.9 Å². The van der Waals surface area contributed by atoms with Gasteiger partial charge >= 0.3 is 0 Å². The minimum atomic E-state index is -0.527. The maximum Gasteiger partial charge on any atom is 0.240 e. The van der Waals surface area contributed by atoms with Crippen molar-refractivity contribution in [2.24, 2.45) is 0 Å². The molecule has 0 spiro atoms. The first-order valence-corrected chi connectivity index (χ1v) is 13.7. The van der Waals surface area contributed by atoms with Gasteiger partial charge in [-0.25, -0.2) is 9.07 Å². The van der Waals surface area contributed by atoms with Crippen molar-refractivity contribution in [3.63, 3.8) is 0 Å². The van der Waals surface area contributed by atoms with Gasteiger partial charge in [0.05, 0.1) is 29.0 Å². The molecule has 7 nitrogen and oxygen atoms in total. The van der Waals surface area contributed by atoms with Gasteiger partial charge in [0.15, 0.2) is 0 Å². The Morgan fingerprint density at radius 1 is 1.10 bits per heavy atom. The highest BCUT2D eigenvalue weighted by molar-refractivity contribution is 8.00. The molecule has 0 aliphatic carbocycles. The van der Waals surface area contributed by atoms with Crippen molar-refractivity contribution < 1.29 is 18.7 Å². The number of carbonyl (C=O) groups excluding carboxylic acids is 2. The summed E-state index contributed by atoms with van der Waals surface area (Å²) >= 11 is 1.34. The number of carbonyl (C=O) groups is 2. The first-order chi connectivity index (χ1) is 19.0. The first kappa shape index (κ1) is 26.6. The number of aryl methyl sites for hydroxylation is 1. The van der Waals surface area contributed by atoms with Crippen LogP contribution in [0, 0.1) is 12.7 Å². The zero-order valence-electron chi connectivity index (χ0n) is 21.8. The number of anilines is 1. The van der Waals surface area contributed by atoms with E-state index in [2.05, 4.69) is 5.32 Å². The summed E-state index contributed by atoms with van der Waals surface area (Å²) in [6.07, 6.45) is 0. The van der Waals surface area contributed by atoms with E-state index in [0.29, 0.717) is 35.8 Å². The molecule has 3 aromatic carbocycles. The molecule has 1 aliphatic rings. The smallest absolute Gasteiger partial charge is 0.240 e. The summed E-state index contributed by atoms with van der Waals surface area (Å²) in [7, 11) is 1.56. The highest BCUT2D eigenvalue weighted by atomic mass is 32.2. The number of halogens is 1. The van der Waals surface area contributed by atoms with Crippen LogP contribution in [0.15, 0.2) is 78.9 Å². The predicted octanol–water partition coefficient (Wildman–Crippen LogP) is 4.92. The SMILES string of the molecule is COCCNC(=O)CN1C(=O)CSC(c2ccccc2F)c2c(-c3ccccc3)nn(-c3cccc(C)c3)c21. The Bertz CT molecular complexity index is 1490. The molecule has 1 aliphatic heterocycles. The number of nitrogens with one attached hydrogen (secondary N) is 1. The fraction of sp³-hybridized carbons (Fsp3) is 0.233. The van der Waals surface area contributed by atoms with Crippen molar-refractivity contribution >= 4 is 29.4 Å². The third-order valence-corrected chi connectivity index (χ3v) is 7.74. The van der Waals surface area contributed by atoms with Crippen LogP contribution in [0.3, 0.4) is 0 Å². The van der Waals surface area contributed by atoms with Gasteiger partial charge in [-0.05, 0) is 30.7 Å². The lowest BCUT2D eigenvalue weighted by Crippen LogP contribution is -2.43. The second kappa shape index (κ2) is 11.8. The van der Waals surface area contributed by atoms with Crippen LogP contribution in [0.1, 0.15) is 21.9 Å². The summed E-state index contributed by atoms with van der Waals surface area (Å²) < 4.78 is 22.0. The molecule has 2 heterocycles. The van der Waals surface area contributed by atoms with Crippen molar-refractivity contribution in [3.05, 3.63) is 101 Å². The Morgan fingerprint density at radius 3 is 2.62 bits per heavy atom. The maximum atomic E-state index is 15.3. The predicted molar refractivity (Wildman–Crippen MR) is 152 cm³/mol. The van der Waals surface area contributed by atoms with Crippen molar-refractivity contribution in [1.29, 1.82) is 0 Å². The Labute approximate surface area is 231 Å². The van der Waals surface area contributed by atoms with Crippen LogP contribution in [0.2, 0.25) is 0 Å². The van der Waals surface area contributed by atoms with Crippen LogP contribution in [0.25, 0.3) is 16.9 Å². The molecule has 4 aromatic rings. The van der Waals surface area contributed by atoms with Gasteiger partial charge in [0.25, 0.3) is 0 Å². The number of rotatable bonds is 8. The lowest BCUT2D eigenvalue weighted by Gasteiger charge is -2.23. The molecule has 1 unspecified atom stereocenters. The third kappa shape index (κ3) is 5.60. The molecule has 39 heavy (non-hydrogen) atoms. The number of thioether (sulfide) groups is 1. The number of benzene rings is 3. The van der Waals surface area contributed by atoms with E-state index < -0.39 is 5.25 Å². The zero-order chi connectivity index (χ0) is 27.4. The van der Waals surface area contributed by atoms with E-state index in [0.717, 1.165) is 16.8 Å². The second-order valence-electron chi connectivity index (χ2n) is 9.24.